The number of hydrogen-bond donors (Lipinski definition) is 0. The predicted molar refractivity (Wildman–Crippen MR) is 71.8 cm³/mol. The zero-order valence-corrected chi connectivity index (χ0v) is 11.3. The van der Waals surface area contributed by atoms with Gasteiger partial charge in [-0.1, -0.05) is 19.9 Å². The largest absolute Gasteiger partial charge is 0.299 e. The fraction of sp³-hybridized carbons (Fsp3) is 0.667. The third-order valence-corrected chi connectivity index (χ3v) is 3.82. The molecule has 1 atom stereocenters. The molecule has 2 nitrogen and oxygen atoms in total. The zero-order chi connectivity index (χ0) is 12.3. The van der Waals surface area contributed by atoms with Gasteiger partial charge in [0.2, 0.25) is 0 Å². The number of likely N-dealkylation sites (tertiary alicyclic amines) is 1. The Morgan fingerprint density at radius 2 is 2.24 bits per heavy atom. The van der Waals surface area contributed by atoms with Crippen LogP contribution in [0, 0.1) is 18.8 Å². The van der Waals surface area contributed by atoms with Crippen LogP contribution in [0.5, 0.6) is 0 Å². The molecule has 0 saturated carbocycles. The van der Waals surface area contributed by atoms with E-state index < -0.39 is 0 Å². The van der Waals surface area contributed by atoms with Crippen molar-refractivity contribution < 1.29 is 0 Å². The molecule has 0 N–H and O–H groups in total. The molecule has 1 aromatic heterocycles. The van der Waals surface area contributed by atoms with E-state index in [2.05, 4.69) is 36.7 Å². The van der Waals surface area contributed by atoms with Crippen LogP contribution in [-0.4, -0.2) is 23.0 Å². The van der Waals surface area contributed by atoms with Gasteiger partial charge in [0.05, 0.1) is 0 Å². The summed E-state index contributed by atoms with van der Waals surface area (Å²) in [7, 11) is 0. The van der Waals surface area contributed by atoms with Crippen molar-refractivity contribution in [2.75, 3.05) is 13.1 Å². The molecule has 1 aliphatic heterocycles. The molecule has 0 aliphatic carbocycles. The Hall–Kier alpha value is -0.890. The Labute approximate surface area is 105 Å². The molecule has 0 spiro atoms. The second-order valence-electron chi connectivity index (χ2n) is 5.75. The Morgan fingerprint density at radius 3 is 2.94 bits per heavy atom. The number of aromatic nitrogens is 1. The number of hydrogen-bond acceptors (Lipinski definition) is 2. The van der Waals surface area contributed by atoms with E-state index in [1.807, 2.05) is 12.4 Å². The lowest BCUT2D eigenvalue weighted by Crippen LogP contribution is -2.36. The Kier molecular flexibility index (Phi) is 4.16. The summed E-state index contributed by atoms with van der Waals surface area (Å²) >= 11 is 0. The van der Waals surface area contributed by atoms with Crippen molar-refractivity contribution in [1.29, 1.82) is 0 Å². The highest BCUT2D eigenvalue weighted by atomic mass is 15.1. The molecule has 0 amide bonds. The van der Waals surface area contributed by atoms with Gasteiger partial charge in [-0.3, -0.25) is 9.88 Å². The van der Waals surface area contributed by atoms with Gasteiger partial charge >= 0.3 is 0 Å². The number of aryl methyl sites for hydroxylation is 1. The minimum Gasteiger partial charge on any atom is -0.299 e. The van der Waals surface area contributed by atoms with Crippen LogP contribution in [-0.2, 0) is 6.54 Å². The quantitative estimate of drug-likeness (QED) is 0.795. The summed E-state index contributed by atoms with van der Waals surface area (Å²) in [4.78, 5) is 6.87. The number of rotatable bonds is 3. The molecule has 17 heavy (non-hydrogen) atoms. The van der Waals surface area contributed by atoms with Crippen molar-refractivity contribution in [3.63, 3.8) is 0 Å². The fourth-order valence-corrected chi connectivity index (χ4v) is 2.74. The van der Waals surface area contributed by atoms with Crippen molar-refractivity contribution in [1.82, 2.24) is 9.88 Å². The maximum atomic E-state index is 4.28. The average molecular weight is 232 g/mol. The third kappa shape index (κ3) is 3.53. The summed E-state index contributed by atoms with van der Waals surface area (Å²) in [5.41, 5.74) is 2.62. The summed E-state index contributed by atoms with van der Waals surface area (Å²) in [5, 5.41) is 0. The van der Waals surface area contributed by atoms with Gasteiger partial charge in [0.25, 0.3) is 0 Å². The van der Waals surface area contributed by atoms with E-state index in [-0.39, 0.29) is 0 Å². The zero-order valence-electron chi connectivity index (χ0n) is 11.3. The molecule has 1 aromatic rings. The van der Waals surface area contributed by atoms with Gasteiger partial charge in [-0.15, -0.1) is 0 Å². The van der Waals surface area contributed by atoms with Gasteiger partial charge < -0.3 is 0 Å². The van der Waals surface area contributed by atoms with E-state index >= 15 is 0 Å². The SMILES string of the molecule is Cc1cncc(CN2CCC[C@H](C(C)C)C2)c1. The van der Waals surface area contributed by atoms with Crippen molar-refractivity contribution in [3.05, 3.63) is 29.6 Å². The van der Waals surface area contributed by atoms with E-state index in [9.17, 15) is 0 Å². The molecule has 1 aliphatic rings. The summed E-state index contributed by atoms with van der Waals surface area (Å²) in [5.74, 6) is 1.69. The highest BCUT2D eigenvalue weighted by Gasteiger charge is 2.22. The summed E-state index contributed by atoms with van der Waals surface area (Å²) in [6, 6.07) is 2.26. The molecule has 0 radical (unpaired) electrons. The van der Waals surface area contributed by atoms with E-state index in [1.165, 1.54) is 37.1 Å². The molecule has 1 saturated heterocycles. The van der Waals surface area contributed by atoms with Crippen LogP contribution in [0.15, 0.2) is 18.5 Å². The molecule has 1 fully saturated rings. The van der Waals surface area contributed by atoms with Gasteiger partial charge in [0.15, 0.2) is 0 Å². The molecule has 2 rings (SSSR count). The topological polar surface area (TPSA) is 16.1 Å². The predicted octanol–water partition coefficient (Wildman–Crippen LogP) is 3.26. The van der Waals surface area contributed by atoms with E-state index in [0.29, 0.717) is 0 Å². The third-order valence-electron chi connectivity index (χ3n) is 3.82. The molecule has 2 heteroatoms. The lowest BCUT2D eigenvalue weighted by atomic mass is 9.88. The number of pyridine rings is 1. The minimum absolute atomic E-state index is 0.813. The van der Waals surface area contributed by atoms with Gasteiger partial charge in [0.1, 0.15) is 0 Å². The molecule has 2 heterocycles. The van der Waals surface area contributed by atoms with E-state index in [0.717, 1.165) is 18.4 Å². The standard InChI is InChI=1S/C15H24N2/c1-12(2)15-5-4-6-17(11-15)10-14-7-13(3)8-16-9-14/h7-9,12,15H,4-6,10-11H2,1-3H3/t15-/m0/s1. The Morgan fingerprint density at radius 1 is 1.41 bits per heavy atom. The highest BCUT2D eigenvalue weighted by Crippen LogP contribution is 2.24. The smallest absolute Gasteiger partial charge is 0.0313 e. The van der Waals surface area contributed by atoms with Crippen LogP contribution in [0.2, 0.25) is 0 Å². The first-order chi connectivity index (χ1) is 8.15. The van der Waals surface area contributed by atoms with Crippen molar-refractivity contribution in [3.8, 4) is 0 Å². The minimum atomic E-state index is 0.813. The molecule has 0 aromatic carbocycles. The molecule has 94 valence electrons. The number of piperidine rings is 1. The van der Waals surface area contributed by atoms with Crippen molar-refractivity contribution in [2.45, 2.75) is 40.2 Å². The second-order valence-corrected chi connectivity index (χ2v) is 5.75. The summed E-state index contributed by atoms with van der Waals surface area (Å²) < 4.78 is 0. The number of nitrogens with zero attached hydrogens (tertiary/aromatic N) is 2. The molecular weight excluding hydrogens is 208 g/mol. The molecule has 0 bridgehead atoms. The summed E-state index contributed by atoms with van der Waals surface area (Å²) in [6.07, 6.45) is 6.69. The van der Waals surface area contributed by atoms with Gasteiger partial charge in [-0.05, 0) is 49.3 Å². The molecular formula is C15H24N2. The van der Waals surface area contributed by atoms with E-state index in [4.69, 9.17) is 0 Å². The first-order valence-electron chi connectivity index (χ1n) is 6.78. The van der Waals surface area contributed by atoms with Crippen molar-refractivity contribution in [2.24, 2.45) is 11.8 Å². The Balaban J connectivity index is 1.94. The van der Waals surface area contributed by atoms with Gasteiger partial charge in [-0.2, -0.15) is 0 Å². The first kappa shape index (κ1) is 12.6. The average Bonchev–Trinajstić information content (AvgIpc) is 2.29. The van der Waals surface area contributed by atoms with Crippen LogP contribution in [0.1, 0.15) is 37.8 Å². The fourth-order valence-electron chi connectivity index (χ4n) is 2.74. The van der Waals surface area contributed by atoms with Crippen molar-refractivity contribution >= 4 is 0 Å². The lowest BCUT2D eigenvalue weighted by Gasteiger charge is -2.34. The Bertz CT molecular complexity index is 360. The lowest BCUT2D eigenvalue weighted by molar-refractivity contribution is 0.139. The monoisotopic (exact) mass is 232 g/mol. The van der Waals surface area contributed by atoms with Crippen LogP contribution in [0.25, 0.3) is 0 Å². The first-order valence-corrected chi connectivity index (χ1v) is 6.78. The van der Waals surface area contributed by atoms with E-state index in [1.54, 1.807) is 0 Å². The summed E-state index contributed by atoms with van der Waals surface area (Å²) in [6.45, 7) is 10.4. The van der Waals surface area contributed by atoms with Gasteiger partial charge in [-0.25, -0.2) is 0 Å². The van der Waals surface area contributed by atoms with Gasteiger partial charge in [0, 0.05) is 25.5 Å². The van der Waals surface area contributed by atoms with Crippen LogP contribution in [0.3, 0.4) is 0 Å². The molecule has 0 unspecified atom stereocenters. The maximum Gasteiger partial charge on any atom is 0.0313 e. The van der Waals surface area contributed by atoms with Crippen LogP contribution < -0.4 is 0 Å². The maximum absolute atomic E-state index is 4.28. The second kappa shape index (κ2) is 5.63. The normalized spacial score (nSPS) is 22.0. The highest BCUT2D eigenvalue weighted by molar-refractivity contribution is 5.16. The van der Waals surface area contributed by atoms with Crippen LogP contribution in [0.4, 0.5) is 0 Å². The van der Waals surface area contributed by atoms with Crippen LogP contribution >= 0.6 is 0 Å².